The maximum Gasteiger partial charge on any atom is 0.257 e. The Morgan fingerprint density at radius 3 is 2.62 bits per heavy atom. The molecule has 1 heterocycles. The lowest BCUT2D eigenvalue weighted by molar-refractivity contribution is -0.127. The number of Topliss-reactive ketones (excluding diaryl/α,β-unsaturated/α-hetero) is 1. The number of benzene rings is 2. The van der Waals surface area contributed by atoms with Crippen LogP contribution in [-0.4, -0.2) is 41.6 Å². The standard InChI is InChI=1S/C23H23ClFN3O4/c24-19-5-4-17(8-20(19)25)32-13-22(30)26-14-23(6-1-7-23)10-16(29)12-31-18-3-2-15-11-27-28-21(15)9-18/h2-5,8-9,11H,1,6-7,10,12-14H2,(H,26,30)(H,27,28). The van der Waals surface area contributed by atoms with Crippen LogP contribution in [0.4, 0.5) is 4.39 Å². The molecular weight excluding hydrogens is 437 g/mol. The van der Waals surface area contributed by atoms with Crippen LogP contribution in [-0.2, 0) is 9.59 Å². The lowest BCUT2D eigenvalue weighted by atomic mass is 9.66. The number of nitrogens with zero attached hydrogens (tertiary/aromatic N) is 1. The number of halogens is 2. The topological polar surface area (TPSA) is 93.3 Å². The van der Waals surface area contributed by atoms with Crippen LogP contribution < -0.4 is 14.8 Å². The molecule has 3 aromatic rings. The van der Waals surface area contributed by atoms with Gasteiger partial charge in [-0.15, -0.1) is 0 Å². The second kappa shape index (κ2) is 9.56. The Morgan fingerprint density at radius 1 is 1.12 bits per heavy atom. The molecule has 9 heteroatoms. The highest BCUT2D eigenvalue weighted by atomic mass is 35.5. The van der Waals surface area contributed by atoms with Crippen molar-refractivity contribution in [3.8, 4) is 11.5 Å². The smallest absolute Gasteiger partial charge is 0.257 e. The number of amides is 1. The molecule has 1 saturated carbocycles. The number of hydrogen-bond acceptors (Lipinski definition) is 5. The van der Waals surface area contributed by atoms with E-state index in [1.54, 1.807) is 12.3 Å². The van der Waals surface area contributed by atoms with Gasteiger partial charge in [-0.25, -0.2) is 4.39 Å². The van der Waals surface area contributed by atoms with Crippen molar-refractivity contribution >= 4 is 34.2 Å². The summed E-state index contributed by atoms with van der Waals surface area (Å²) in [5, 5.41) is 10.6. The minimum atomic E-state index is -0.608. The van der Waals surface area contributed by atoms with Gasteiger partial charge >= 0.3 is 0 Å². The molecule has 0 saturated heterocycles. The summed E-state index contributed by atoms with van der Waals surface area (Å²) in [4.78, 5) is 24.7. The summed E-state index contributed by atoms with van der Waals surface area (Å²) in [5.41, 5.74) is 0.590. The van der Waals surface area contributed by atoms with Crippen molar-refractivity contribution in [1.82, 2.24) is 15.5 Å². The monoisotopic (exact) mass is 459 g/mol. The summed E-state index contributed by atoms with van der Waals surface area (Å²) in [6.07, 6.45) is 4.80. The first-order valence-electron chi connectivity index (χ1n) is 10.3. The highest BCUT2D eigenvalue weighted by Gasteiger charge is 2.39. The second-order valence-corrected chi connectivity index (χ2v) is 8.53. The normalized spacial score (nSPS) is 14.6. The number of aromatic amines is 1. The summed E-state index contributed by atoms with van der Waals surface area (Å²) in [7, 11) is 0. The van der Waals surface area contributed by atoms with E-state index in [1.165, 1.54) is 12.1 Å². The van der Waals surface area contributed by atoms with Crippen LogP contribution in [0.15, 0.2) is 42.6 Å². The van der Waals surface area contributed by atoms with Crippen LogP contribution >= 0.6 is 11.6 Å². The van der Waals surface area contributed by atoms with Crippen molar-refractivity contribution in [1.29, 1.82) is 0 Å². The average Bonchev–Trinajstić information content (AvgIpc) is 3.22. The van der Waals surface area contributed by atoms with E-state index in [2.05, 4.69) is 15.5 Å². The SMILES string of the molecule is O=C(COc1ccc2cn[nH]c2c1)CC1(CNC(=O)COc2ccc(Cl)c(F)c2)CCC1. The lowest BCUT2D eigenvalue weighted by Crippen LogP contribution is -2.45. The van der Waals surface area contributed by atoms with Gasteiger partial charge in [0.1, 0.15) is 23.9 Å². The molecule has 1 aliphatic carbocycles. The van der Waals surface area contributed by atoms with E-state index in [1.807, 2.05) is 12.1 Å². The first-order chi connectivity index (χ1) is 15.4. The molecule has 7 nitrogen and oxygen atoms in total. The first-order valence-corrected chi connectivity index (χ1v) is 10.7. The average molecular weight is 460 g/mol. The van der Waals surface area contributed by atoms with Crippen LogP contribution in [0.5, 0.6) is 11.5 Å². The minimum Gasteiger partial charge on any atom is -0.486 e. The Balaban J connectivity index is 1.22. The molecule has 0 spiro atoms. The molecule has 1 amide bonds. The van der Waals surface area contributed by atoms with E-state index >= 15 is 0 Å². The predicted octanol–water partition coefficient (Wildman–Crippen LogP) is 4.06. The molecule has 4 rings (SSSR count). The summed E-state index contributed by atoms with van der Waals surface area (Å²) >= 11 is 5.63. The predicted molar refractivity (Wildman–Crippen MR) is 117 cm³/mol. The molecule has 0 atom stereocenters. The van der Waals surface area contributed by atoms with E-state index in [0.717, 1.165) is 36.2 Å². The molecule has 0 bridgehead atoms. The Bertz CT molecular complexity index is 1130. The zero-order chi connectivity index (χ0) is 22.6. The number of hydrogen-bond donors (Lipinski definition) is 2. The van der Waals surface area contributed by atoms with Crippen molar-refractivity contribution in [2.45, 2.75) is 25.7 Å². The van der Waals surface area contributed by atoms with Gasteiger partial charge in [0.15, 0.2) is 12.4 Å². The fraction of sp³-hybridized carbons (Fsp3) is 0.348. The second-order valence-electron chi connectivity index (χ2n) is 8.12. The summed E-state index contributed by atoms with van der Waals surface area (Å²) in [5.74, 6) is -0.133. The van der Waals surface area contributed by atoms with E-state index in [4.69, 9.17) is 21.1 Å². The van der Waals surface area contributed by atoms with E-state index in [0.29, 0.717) is 18.7 Å². The number of carbonyl (C=O) groups excluding carboxylic acids is 2. The van der Waals surface area contributed by atoms with Crippen molar-refractivity contribution in [2.24, 2.45) is 5.41 Å². The number of carbonyl (C=O) groups is 2. The van der Waals surface area contributed by atoms with Gasteiger partial charge < -0.3 is 14.8 Å². The molecule has 1 aromatic heterocycles. The molecule has 0 aliphatic heterocycles. The van der Waals surface area contributed by atoms with Gasteiger partial charge in [0.25, 0.3) is 5.91 Å². The third-order valence-electron chi connectivity index (χ3n) is 5.72. The molecule has 168 valence electrons. The molecule has 2 N–H and O–H groups in total. The summed E-state index contributed by atoms with van der Waals surface area (Å²) in [6, 6.07) is 9.48. The quantitative estimate of drug-likeness (QED) is 0.477. The maximum absolute atomic E-state index is 13.4. The maximum atomic E-state index is 13.4. The van der Waals surface area contributed by atoms with Crippen LogP contribution in [0.25, 0.3) is 10.9 Å². The van der Waals surface area contributed by atoms with Crippen LogP contribution in [0, 0.1) is 11.2 Å². The lowest BCUT2D eigenvalue weighted by Gasteiger charge is -2.41. The van der Waals surface area contributed by atoms with E-state index in [-0.39, 0.29) is 41.1 Å². The van der Waals surface area contributed by atoms with Crippen LogP contribution in [0.3, 0.4) is 0 Å². The number of H-pyrrole nitrogens is 1. The Labute approximate surface area is 189 Å². The minimum absolute atomic E-state index is 0.00997. The molecule has 1 fully saturated rings. The van der Waals surface area contributed by atoms with E-state index < -0.39 is 5.82 Å². The molecule has 0 radical (unpaired) electrons. The third kappa shape index (κ3) is 5.37. The molecule has 0 unspecified atom stereocenters. The zero-order valence-electron chi connectivity index (χ0n) is 17.3. The van der Waals surface area contributed by atoms with Gasteiger partial charge in [-0.1, -0.05) is 18.0 Å². The van der Waals surface area contributed by atoms with Crippen LogP contribution in [0.1, 0.15) is 25.7 Å². The van der Waals surface area contributed by atoms with Gasteiger partial charge in [0, 0.05) is 30.5 Å². The van der Waals surface area contributed by atoms with Gasteiger partial charge in [0.05, 0.1) is 16.7 Å². The van der Waals surface area contributed by atoms with E-state index in [9.17, 15) is 14.0 Å². The number of ketones is 1. The van der Waals surface area contributed by atoms with Gasteiger partial charge in [0.2, 0.25) is 0 Å². The molecular formula is C23H23ClFN3O4. The summed E-state index contributed by atoms with van der Waals surface area (Å²) < 4.78 is 24.4. The number of nitrogens with one attached hydrogen (secondary N) is 2. The number of rotatable bonds is 10. The van der Waals surface area contributed by atoms with Gasteiger partial charge in [-0.2, -0.15) is 5.10 Å². The molecule has 1 aliphatic rings. The van der Waals surface area contributed by atoms with Crippen molar-refractivity contribution in [3.05, 3.63) is 53.4 Å². The fourth-order valence-corrected chi connectivity index (χ4v) is 3.90. The van der Waals surface area contributed by atoms with Crippen molar-refractivity contribution < 1.29 is 23.5 Å². The van der Waals surface area contributed by atoms with Crippen LogP contribution in [0.2, 0.25) is 5.02 Å². The number of aromatic nitrogens is 2. The zero-order valence-corrected chi connectivity index (χ0v) is 18.1. The highest BCUT2D eigenvalue weighted by Crippen LogP contribution is 2.43. The van der Waals surface area contributed by atoms with Crippen molar-refractivity contribution in [2.75, 3.05) is 19.8 Å². The van der Waals surface area contributed by atoms with Gasteiger partial charge in [-0.3, -0.25) is 14.7 Å². The number of ether oxygens (including phenoxy) is 2. The molecule has 2 aromatic carbocycles. The Kier molecular flexibility index (Phi) is 6.60. The molecule has 32 heavy (non-hydrogen) atoms. The Hall–Kier alpha value is -3.13. The van der Waals surface area contributed by atoms with Crippen molar-refractivity contribution in [3.63, 3.8) is 0 Å². The fourth-order valence-electron chi connectivity index (χ4n) is 3.78. The Morgan fingerprint density at radius 2 is 1.88 bits per heavy atom. The first kappa shape index (κ1) is 22.1. The summed E-state index contributed by atoms with van der Waals surface area (Å²) in [6.45, 7) is 0.112. The highest BCUT2D eigenvalue weighted by molar-refractivity contribution is 6.30. The third-order valence-corrected chi connectivity index (χ3v) is 6.03. The number of fused-ring (bicyclic) bond motifs is 1. The largest absolute Gasteiger partial charge is 0.486 e. The van der Waals surface area contributed by atoms with Gasteiger partial charge in [-0.05, 0) is 42.5 Å².